The van der Waals surface area contributed by atoms with Crippen LogP contribution in [0.4, 0.5) is 0 Å². The Labute approximate surface area is 126 Å². The fourth-order valence-corrected chi connectivity index (χ4v) is 3.24. The SMILES string of the molecule is CCCC(O)CNC1c2ccccc2Cc2ccccc21. The van der Waals surface area contributed by atoms with Crippen LogP contribution < -0.4 is 5.32 Å². The second-order valence-electron chi connectivity index (χ2n) is 5.86. The molecule has 0 aromatic heterocycles. The van der Waals surface area contributed by atoms with Crippen molar-refractivity contribution in [2.24, 2.45) is 0 Å². The first-order chi connectivity index (χ1) is 10.3. The van der Waals surface area contributed by atoms with Gasteiger partial charge in [0.2, 0.25) is 0 Å². The van der Waals surface area contributed by atoms with Crippen molar-refractivity contribution >= 4 is 0 Å². The largest absolute Gasteiger partial charge is 0.392 e. The summed E-state index contributed by atoms with van der Waals surface area (Å²) < 4.78 is 0. The normalized spacial score (nSPS) is 15.3. The molecule has 1 aliphatic rings. The van der Waals surface area contributed by atoms with E-state index in [9.17, 15) is 5.11 Å². The molecule has 2 nitrogen and oxygen atoms in total. The molecule has 2 heteroatoms. The van der Waals surface area contributed by atoms with Gasteiger partial charge in [0.15, 0.2) is 0 Å². The van der Waals surface area contributed by atoms with E-state index in [4.69, 9.17) is 0 Å². The number of rotatable bonds is 5. The van der Waals surface area contributed by atoms with Gasteiger partial charge in [-0.3, -0.25) is 0 Å². The van der Waals surface area contributed by atoms with Crippen LogP contribution in [0.2, 0.25) is 0 Å². The van der Waals surface area contributed by atoms with Crippen LogP contribution in [0.5, 0.6) is 0 Å². The highest BCUT2D eigenvalue weighted by Gasteiger charge is 2.24. The Morgan fingerprint density at radius 1 is 1.05 bits per heavy atom. The van der Waals surface area contributed by atoms with Crippen molar-refractivity contribution in [2.75, 3.05) is 6.54 Å². The zero-order valence-electron chi connectivity index (χ0n) is 12.5. The summed E-state index contributed by atoms with van der Waals surface area (Å²) in [6.07, 6.45) is 2.60. The van der Waals surface area contributed by atoms with E-state index < -0.39 is 0 Å². The van der Waals surface area contributed by atoms with E-state index >= 15 is 0 Å². The lowest BCUT2D eigenvalue weighted by Gasteiger charge is -2.30. The molecule has 1 atom stereocenters. The summed E-state index contributed by atoms with van der Waals surface area (Å²) in [6.45, 7) is 2.75. The van der Waals surface area contributed by atoms with Gasteiger partial charge >= 0.3 is 0 Å². The van der Waals surface area contributed by atoms with Crippen LogP contribution in [0.1, 0.15) is 48.1 Å². The molecule has 0 aliphatic heterocycles. The molecule has 0 heterocycles. The quantitative estimate of drug-likeness (QED) is 0.880. The second-order valence-corrected chi connectivity index (χ2v) is 5.86. The summed E-state index contributed by atoms with van der Waals surface area (Å²) in [5.41, 5.74) is 5.47. The van der Waals surface area contributed by atoms with Gasteiger partial charge in [0, 0.05) is 6.54 Å². The van der Waals surface area contributed by atoms with Gasteiger partial charge < -0.3 is 10.4 Å². The molecular weight excluding hydrogens is 258 g/mol. The molecule has 3 rings (SSSR count). The predicted octanol–water partition coefficient (Wildman–Crippen LogP) is 3.43. The average molecular weight is 281 g/mol. The Balaban J connectivity index is 1.88. The van der Waals surface area contributed by atoms with Crippen LogP contribution in [0, 0.1) is 0 Å². The van der Waals surface area contributed by atoms with Gasteiger partial charge in [0.1, 0.15) is 0 Å². The number of hydrogen-bond donors (Lipinski definition) is 2. The van der Waals surface area contributed by atoms with Gasteiger partial charge in [-0.25, -0.2) is 0 Å². The van der Waals surface area contributed by atoms with Crippen LogP contribution in [-0.4, -0.2) is 17.8 Å². The van der Waals surface area contributed by atoms with E-state index in [0.717, 1.165) is 19.3 Å². The standard InChI is InChI=1S/C19H23NO/c1-2-7-16(21)13-20-19-17-10-5-3-8-14(17)12-15-9-4-6-11-18(15)19/h3-6,8-11,16,19-21H,2,7,12-13H2,1H3. The van der Waals surface area contributed by atoms with E-state index in [0.29, 0.717) is 6.54 Å². The van der Waals surface area contributed by atoms with Gasteiger partial charge in [-0.1, -0.05) is 61.9 Å². The molecule has 0 saturated heterocycles. The molecule has 21 heavy (non-hydrogen) atoms. The number of aliphatic hydroxyl groups is 1. The zero-order chi connectivity index (χ0) is 14.7. The molecule has 0 saturated carbocycles. The van der Waals surface area contributed by atoms with Crippen molar-refractivity contribution in [2.45, 2.75) is 38.3 Å². The van der Waals surface area contributed by atoms with Crippen LogP contribution in [0.3, 0.4) is 0 Å². The Hall–Kier alpha value is -1.64. The molecule has 0 fully saturated rings. The van der Waals surface area contributed by atoms with E-state index in [1.807, 2.05) is 0 Å². The number of hydrogen-bond acceptors (Lipinski definition) is 2. The summed E-state index contributed by atoms with van der Waals surface area (Å²) in [7, 11) is 0. The number of nitrogens with one attached hydrogen (secondary N) is 1. The summed E-state index contributed by atoms with van der Waals surface area (Å²) in [5, 5.41) is 13.6. The summed E-state index contributed by atoms with van der Waals surface area (Å²) in [4.78, 5) is 0. The molecule has 1 aliphatic carbocycles. The van der Waals surface area contributed by atoms with Crippen molar-refractivity contribution in [1.82, 2.24) is 5.32 Å². The fourth-order valence-electron chi connectivity index (χ4n) is 3.24. The smallest absolute Gasteiger partial charge is 0.0664 e. The third kappa shape index (κ3) is 3.02. The summed E-state index contributed by atoms with van der Waals surface area (Å²) >= 11 is 0. The number of aliphatic hydroxyl groups excluding tert-OH is 1. The first-order valence-electron chi connectivity index (χ1n) is 7.86. The highest BCUT2D eigenvalue weighted by Crippen LogP contribution is 2.34. The minimum absolute atomic E-state index is 0.192. The fraction of sp³-hybridized carbons (Fsp3) is 0.368. The Morgan fingerprint density at radius 2 is 1.62 bits per heavy atom. The van der Waals surface area contributed by atoms with Crippen LogP contribution in [0.25, 0.3) is 0 Å². The lowest BCUT2D eigenvalue weighted by Crippen LogP contribution is -2.33. The third-order valence-electron chi connectivity index (χ3n) is 4.29. The van der Waals surface area contributed by atoms with Crippen molar-refractivity contribution in [3.8, 4) is 0 Å². The molecule has 2 aromatic rings. The van der Waals surface area contributed by atoms with Gasteiger partial charge in [-0.15, -0.1) is 0 Å². The molecule has 2 aromatic carbocycles. The maximum absolute atomic E-state index is 10.0. The molecule has 0 spiro atoms. The van der Waals surface area contributed by atoms with Crippen molar-refractivity contribution in [3.05, 3.63) is 70.8 Å². The Kier molecular flexibility index (Phi) is 4.37. The number of fused-ring (bicyclic) bond motifs is 2. The highest BCUT2D eigenvalue weighted by molar-refractivity contribution is 5.48. The van der Waals surface area contributed by atoms with Crippen LogP contribution in [0.15, 0.2) is 48.5 Å². The molecule has 110 valence electrons. The Bertz CT molecular complexity index is 563. The van der Waals surface area contributed by atoms with Crippen molar-refractivity contribution in [3.63, 3.8) is 0 Å². The highest BCUT2D eigenvalue weighted by atomic mass is 16.3. The summed E-state index contributed by atoms with van der Waals surface area (Å²) in [5.74, 6) is 0. The predicted molar refractivity (Wildman–Crippen MR) is 86.5 cm³/mol. The Morgan fingerprint density at radius 3 is 2.19 bits per heavy atom. The number of benzene rings is 2. The van der Waals surface area contributed by atoms with Gasteiger partial charge in [0.25, 0.3) is 0 Å². The topological polar surface area (TPSA) is 32.3 Å². The van der Waals surface area contributed by atoms with Crippen LogP contribution >= 0.6 is 0 Å². The lowest BCUT2D eigenvalue weighted by molar-refractivity contribution is 0.158. The third-order valence-corrected chi connectivity index (χ3v) is 4.29. The van der Waals surface area contributed by atoms with Gasteiger partial charge in [-0.05, 0) is 35.1 Å². The van der Waals surface area contributed by atoms with Crippen molar-refractivity contribution < 1.29 is 5.11 Å². The van der Waals surface area contributed by atoms with Gasteiger partial charge in [-0.2, -0.15) is 0 Å². The average Bonchev–Trinajstić information content (AvgIpc) is 2.51. The maximum atomic E-state index is 10.0. The minimum Gasteiger partial charge on any atom is -0.392 e. The molecule has 0 amide bonds. The molecule has 2 N–H and O–H groups in total. The zero-order valence-corrected chi connectivity index (χ0v) is 12.5. The van der Waals surface area contributed by atoms with Crippen LogP contribution in [-0.2, 0) is 6.42 Å². The molecule has 0 bridgehead atoms. The molecular formula is C19H23NO. The lowest BCUT2D eigenvalue weighted by atomic mass is 9.82. The monoisotopic (exact) mass is 281 g/mol. The molecule has 1 unspecified atom stereocenters. The first kappa shape index (κ1) is 14.3. The maximum Gasteiger partial charge on any atom is 0.0664 e. The second kappa shape index (κ2) is 6.42. The van der Waals surface area contributed by atoms with Gasteiger partial charge in [0.05, 0.1) is 12.1 Å². The van der Waals surface area contributed by atoms with E-state index in [-0.39, 0.29) is 12.1 Å². The van der Waals surface area contributed by atoms with E-state index in [1.54, 1.807) is 0 Å². The first-order valence-corrected chi connectivity index (χ1v) is 7.86. The van der Waals surface area contributed by atoms with E-state index in [1.165, 1.54) is 22.3 Å². The minimum atomic E-state index is -0.267. The molecule has 0 radical (unpaired) electrons. The van der Waals surface area contributed by atoms with E-state index in [2.05, 4.69) is 60.8 Å². The van der Waals surface area contributed by atoms with Crippen molar-refractivity contribution in [1.29, 1.82) is 0 Å². The summed E-state index contributed by atoms with van der Waals surface area (Å²) in [6, 6.07) is 17.4.